The van der Waals surface area contributed by atoms with Crippen molar-refractivity contribution in [2.75, 3.05) is 26.2 Å². The van der Waals surface area contributed by atoms with E-state index < -0.39 is 11.7 Å². The Morgan fingerprint density at radius 2 is 1.92 bits per heavy atom. The minimum Gasteiger partial charge on any atom is -0.340 e. The average Bonchev–Trinajstić information content (AvgIpc) is 3.08. The highest BCUT2D eigenvalue weighted by atomic mass is 19.4. The number of nitrogens with zero attached hydrogens (tertiary/aromatic N) is 2. The van der Waals surface area contributed by atoms with E-state index in [1.807, 2.05) is 4.90 Å². The Bertz CT molecular complexity index is 634. The molecule has 3 nitrogen and oxygen atoms in total. The number of amides is 1. The van der Waals surface area contributed by atoms with Crippen LogP contribution in [0.1, 0.15) is 30.4 Å². The average molecular weight is 352 g/mol. The molecule has 1 fully saturated rings. The zero-order valence-electron chi connectivity index (χ0n) is 14.1. The molecule has 0 bridgehead atoms. The summed E-state index contributed by atoms with van der Waals surface area (Å²) in [6.45, 7) is 3.17. The van der Waals surface area contributed by atoms with Gasteiger partial charge in [0.25, 0.3) is 0 Å². The van der Waals surface area contributed by atoms with Crippen molar-refractivity contribution in [1.29, 1.82) is 0 Å². The fraction of sp³-hybridized carbons (Fsp3) is 0.526. The van der Waals surface area contributed by atoms with Crippen molar-refractivity contribution in [3.05, 3.63) is 47.5 Å². The molecule has 1 aliphatic carbocycles. The Morgan fingerprint density at radius 1 is 1.16 bits per heavy atom. The fourth-order valence-electron chi connectivity index (χ4n) is 3.48. The summed E-state index contributed by atoms with van der Waals surface area (Å²) in [6, 6.07) is 5.48. The largest absolute Gasteiger partial charge is 0.416 e. The molecule has 6 heteroatoms. The molecular weight excluding hydrogens is 329 g/mol. The predicted molar refractivity (Wildman–Crippen MR) is 89.8 cm³/mol. The lowest BCUT2D eigenvalue weighted by atomic mass is 10.0. The van der Waals surface area contributed by atoms with Gasteiger partial charge in [-0.05, 0) is 30.4 Å². The lowest BCUT2D eigenvalue weighted by molar-refractivity contribution is -0.137. The number of carbonyl (C=O) groups excluding carboxylic acids is 1. The van der Waals surface area contributed by atoms with Crippen LogP contribution in [-0.2, 0) is 17.5 Å². The van der Waals surface area contributed by atoms with E-state index in [9.17, 15) is 18.0 Å². The van der Waals surface area contributed by atoms with Crippen LogP contribution in [-0.4, -0.2) is 41.9 Å². The van der Waals surface area contributed by atoms with Crippen molar-refractivity contribution in [3.63, 3.8) is 0 Å². The molecule has 1 amide bonds. The topological polar surface area (TPSA) is 23.6 Å². The summed E-state index contributed by atoms with van der Waals surface area (Å²) in [5.41, 5.74) is 0.0501. The van der Waals surface area contributed by atoms with Crippen molar-refractivity contribution >= 4 is 5.91 Å². The van der Waals surface area contributed by atoms with E-state index in [0.717, 1.165) is 18.9 Å². The highest BCUT2D eigenvalue weighted by molar-refractivity contribution is 5.76. The maximum atomic E-state index is 12.8. The summed E-state index contributed by atoms with van der Waals surface area (Å²) >= 11 is 0. The number of halogens is 3. The molecule has 1 atom stereocenters. The number of rotatable bonds is 4. The van der Waals surface area contributed by atoms with Gasteiger partial charge in [0.05, 0.1) is 5.56 Å². The molecule has 3 rings (SSSR count). The standard InChI is InChI=1S/C19H23F3N2O/c20-19(21,22)17-7-3-6-16(12-17)14-23-8-10-24(11-9-23)18(25)13-15-4-1-2-5-15/h1,3-4,6-7,12,15H,2,5,8-11,13-14H2. The minimum atomic E-state index is -4.31. The number of allylic oxidation sites excluding steroid dienone is 2. The molecule has 0 radical (unpaired) electrons. The van der Waals surface area contributed by atoms with Gasteiger partial charge in [-0.3, -0.25) is 9.69 Å². The first-order valence-corrected chi connectivity index (χ1v) is 8.75. The molecule has 136 valence electrons. The van der Waals surface area contributed by atoms with Crippen LogP contribution in [0.5, 0.6) is 0 Å². The summed E-state index contributed by atoms with van der Waals surface area (Å²) in [6.07, 6.45) is 2.64. The van der Waals surface area contributed by atoms with Gasteiger partial charge in [0, 0.05) is 39.1 Å². The van der Waals surface area contributed by atoms with Gasteiger partial charge in [-0.1, -0.05) is 30.4 Å². The number of carbonyl (C=O) groups is 1. The van der Waals surface area contributed by atoms with E-state index in [0.29, 0.717) is 50.6 Å². The van der Waals surface area contributed by atoms with Crippen molar-refractivity contribution in [3.8, 4) is 0 Å². The van der Waals surface area contributed by atoms with Crippen LogP contribution in [0.2, 0.25) is 0 Å². The molecule has 1 aromatic rings. The smallest absolute Gasteiger partial charge is 0.340 e. The molecule has 1 unspecified atom stereocenters. The Labute approximate surface area is 146 Å². The van der Waals surface area contributed by atoms with Crippen LogP contribution in [0.25, 0.3) is 0 Å². The monoisotopic (exact) mass is 352 g/mol. The maximum Gasteiger partial charge on any atom is 0.416 e. The van der Waals surface area contributed by atoms with Gasteiger partial charge in [0.15, 0.2) is 0 Å². The van der Waals surface area contributed by atoms with Gasteiger partial charge in [-0.25, -0.2) is 0 Å². The summed E-state index contributed by atoms with van der Waals surface area (Å²) in [7, 11) is 0. The summed E-state index contributed by atoms with van der Waals surface area (Å²) < 4.78 is 38.4. The Balaban J connectivity index is 1.49. The fourth-order valence-corrected chi connectivity index (χ4v) is 3.48. The highest BCUT2D eigenvalue weighted by Crippen LogP contribution is 2.30. The zero-order valence-corrected chi connectivity index (χ0v) is 14.1. The summed E-state index contributed by atoms with van der Waals surface area (Å²) in [5, 5.41) is 0. The molecule has 0 spiro atoms. The van der Waals surface area contributed by atoms with Crippen molar-refractivity contribution in [2.45, 2.75) is 32.0 Å². The van der Waals surface area contributed by atoms with E-state index in [4.69, 9.17) is 0 Å². The van der Waals surface area contributed by atoms with Crippen LogP contribution >= 0.6 is 0 Å². The second kappa shape index (κ2) is 7.60. The van der Waals surface area contributed by atoms with Crippen LogP contribution in [0.15, 0.2) is 36.4 Å². The van der Waals surface area contributed by atoms with Gasteiger partial charge in [0.2, 0.25) is 5.91 Å². The third-order valence-corrected chi connectivity index (χ3v) is 4.93. The third kappa shape index (κ3) is 4.84. The molecule has 0 saturated carbocycles. The highest BCUT2D eigenvalue weighted by Gasteiger charge is 2.30. The lowest BCUT2D eigenvalue weighted by Crippen LogP contribution is -2.48. The first kappa shape index (κ1) is 18.0. The molecule has 0 N–H and O–H groups in total. The molecule has 1 saturated heterocycles. The summed E-state index contributed by atoms with van der Waals surface area (Å²) in [5.74, 6) is 0.561. The normalized spacial score (nSPS) is 21.7. The second-order valence-corrected chi connectivity index (χ2v) is 6.82. The zero-order chi connectivity index (χ0) is 17.9. The first-order chi connectivity index (χ1) is 11.9. The Morgan fingerprint density at radius 3 is 2.56 bits per heavy atom. The van der Waals surface area contributed by atoms with Gasteiger partial charge < -0.3 is 4.90 Å². The number of alkyl halides is 3. The Hall–Kier alpha value is -1.82. The van der Waals surface area contributed by atoms with Gasteiger partial charge in [0.1, 0.15) is 0 Å². The minimum absolute atomic E-state index is 0.190. The number of piperazine rings is 1. The van der Waals surface area contributed by atoms with Crippen LogP contribution < -0.4 is 0 Å². The van der Waals surface area contributed by atoms with E-state index in [1.54, 1.807) is 6.07 Å². The van der Waals surface area contributed by atoms with Crippen LogP contribution in [0.4, 0.5) is 13.2 Å². The molecule has 0 aromatic heterocycles. The second-order valence-electron chi connectivity index (χ2n) is 6.82. The molecule has 2 aliphatic rings. The van der Waals surface area contributed by atoms with E-state index in [2.05, 4.69) is 17.1 Å². The molecule has 1 heterocycles. The molecule has 1 aliphatic heterocycles. The van der Waals surface area contributed by atoms with Crippen molar-refractivity contribution in [1.82, 2.24) is 9.80 Å². The van der Waals surface area contributed by atoms with Gasteiger partial charge in [-0.2, -0.15) is 13.2 Å². The number of hydrogen-bond acceptors (Lipinski definition) is 2. The van der Waals surface area contributed by atoms with Crippen molar-refractivity contribution < 1.29 is 18.0 Å². The van der Waals surface area contributed by atoms with Crippen LogP contribution in [0, 0.1) is 5.92 Å². The van der Waals surface area contributed by atoms with Crippen molar-refractivity contribution in [2.24, 2.45) is 5.92 Å². The Kier molecular flexibility index (Phi) is 5.47. The SMILES string of the molecule is O=C(CC1C=CCC1)N1CCN(Cc2cccc(C(F)(F)F)c2)CC1. The van der Waals surface area contributed by atoms with Crippen LogP contribution in [0.3, 0.4) is 0 Å². The summed E-state index contributed by atoms with van der Waals surface area (Å²) in [4.78, 5) is 16.3. The molecular formula is C19H23F3N2O. The number of hydrogen-bond donors (Lipinski definition) is 0. The van der Waals surface area contributed by atoms with E-state index in [1.165, 1.54) is 12.1 Å². The van der Waals surface area contributed by atoms with E-state index in [-0.39, 0.29) is 5.91 Å². The first-order valence-electron chi connectivity index (χ1n) is 8.75. The third-order valence-electron chi connectivity index (χ3n) is 4.93. The quantitative estimate of drug-likeness (QED) is 0.772. The van der Waals surface area contributed by atoms with Gasteiger partial charge in [-0.15, -0.1) is 0 Å². The number of benzene rings is 1. The maximum absolute atomic E-state index is 12.8. The molecule has 1 aromatic carbocycles. The lowest BCUT2D eigenvalue weighted by Gasteiger charge is -2.35. The van der Waals surface area contributed by atoms with E-state index >= 15 is 0 Å². The van der Waals surface area contributed by atoms with Gasteiger partial charge >= 0.3 is 6.18 Å². The molecule has 25 heavy (non-hydrogen) atoms. The predicted octanol–water partition coefficient (Wildman–Crippen LogP) is 3.71.